The van der Waals surface area contributed by atoms with Gasteiger partial charge in [-0.3, -0.25) is 0 Å². The quantitative estimate of drug-likeness (QED) is 0.615. The van der Waals surface area contributed by atoms with Crippen molar-refractivity contribution in [3.8, 4) is 5.75 Å². The maximum atomic E-state index is 13.1. The summed E-state index contributed by atoms with van der Waals surface area (Å²) in [6, 6.07) is 4.39. The van der Waals surface area contributed by atoms with E-state index in [4.69, 9.17) is 10.5 Å². The molecule has 1 aromatic carbocycles. The Bertz CT molecular complexity index is 375. The lowest BCUT2D eigenvalue weighted by Gasteiger charge is -2.05. The van der Waals surface area contributed by atoms with Crippen molar-refractivity contribution in [3.05, 3.63) is 24.0 Å². The van der Waals surface area contributed by atoms with Gasteiger partial charge in [-0.25, -0.2) is 9.38 Å². The van der Waals surface area contributed by atoms with Crippen LogP contribution in [0.15, 0.2) is 23.2 Å². The summed E-state index contributed by atoms with van der Waals surface area (Å²) in [4.78, 5) is 4.16. The standard InChI is InChI=1S/C11H15FN2O/c1-7(2)11(13)14-8-4-5-9(12)10(6-8)15-3/h4-7H,1-3H3,(H2,13,14). The highest BCUT2D eigenvalue weighted by atomic mass is 19.1. The van der Waals surface area contributed by atoms with Gasteiger partial charge < -0.3 is 10.5 Å². The summed E-state index contributed by atoms with van der Waals surface area (Å²) in [5, 5.41) is 0. The largest absolute Gasteiger partial charge is 0.494 e. The molecule has 4 heteroatoms. The molecule has 0 saturated heterocycles. The van der Waals surface area contributed by atoms with Crippen molar-refractivity contribution in [1.29, 1.82) is 0 Å². The summed E-state index contributed by atoms with van der Waals surface area (Å²) in [6.07, 6.45) is 0. The van der Waals surface area contributed by atoms with Crippen LogP contribution in [-0.2, 0) is 0 Å². The van der Waals surface area contributed by atoms with Gasteiger partial charge in [0.2, 0.25) is 0 Å². The van der Waals surface area contributed by atoms with E-state index >= 15 is 0 Å². The smallest absolute Gasteiger partial charge is 0.165 e. The van der Waals surface area contributed by atoms with Crippen LogP contribution in [0.4, 0.5) is 10.1 Å². The highest BCUT2D eigenvalue weighted by molar-refractivity contribution is 5.84. The molecule has 0 saturated carbocycles. The van der Waals surface area contributed by atoms with Gasteiger partial charge in [-0.1, -0.05) is 13.8 Å². The Morgan fingerprint density at radius 1 is 1.47 bits per heavy atom. The molecular formula is C11H15FN2O. The van der Waals surface area contributed by atoms with Crippen LogP contribution in [-0.4, -0.2) is 12.9 Å². The minimum absolute atomic E-state index is 0.168. The summed E-state index contributed by atoms with van der Waals surface area (Å²) in [5.74, 6) is 0.456. The first-order valence-electron chi connectivity index (χ1n) is 4.72. The fourth-order valence-corrected chi connectivity index (χ4v) is 0.996. The topological polar surface area (TPSA) is 47.6 Å². The third-order valence-corrected chi connectivity index (χ3v) is 1.98. The number of hydrogen-bond acceptors (Lipinski definition) is 2. The summed E-state index contributed by atoms with van der Waals surface area (Å²) in [7, 11) is 1.41. The first kappa shape index (κ1) is 11.5. The monoisotopic (exact) mass is 210 g/mol. The third-order valence-electron chi connectivity index (χ3n) is 1.98. The minimum atomic E-state index is -0.403. The van der Waals surface area contributed by atoms with Crippen molar-refractivity contribution in [2.45, 2.75) is 13.8 Å². The molecule has 1 rings (SSSR count). The van der Waals surface area contributed by atoms with E-state index in [-0.39, 0.29) is 11.7 Å². The highest BCUT2D eigenvalue weighted by Crippen LogP contribution is 2.23. The number of benzene rings is 1. The van der Waals surface area contributed by atoms with E-state index in [9.17, 15) is 4.39 Å². The van der Waals surface area contributed by atoms with E-state index < -0.39 is 5.82 Å². The molecule has 0 spiro atoms. The molecule has 0 unspecified atom stereocenters. The summed E-state index contributed by atoms with van der Waals surface area (Å²) in [5.41, 5.74) is 6.29. The first-order chi connectivity index (χ1) is 7.04. The predicted molar refractivity (Wildman–Crippen MR) is 59.1 cm³/mol. The second kappa shape index (κ2) is 4.77. The second-order valence-electron chi connectivity index (χ2n) is 3.51. The van der Waals surface area contributed by atoms with Gasteiger partial charge in [-0.15, -0.1) is 0 Å². The number of halogens is 1. The van der Waals surface area contributed by atoms with E-state index in [1.165, 1.54) is 19.2 Å². The van der Waals surface area contributed by atoms with E-state index in [1.807, 2.05) is 13.8 Å². The zero-order chi connectivity index (χ0) is 11.4. The lowest BCUT2D eigenvalue weighted by molar-refractivity contribution is 0.387. The fraction of sp³-hybridized carbons (Fsp3) is 0.364. The predicted octanol–water partition coefficient (Wildman–Crippen LogP) is 2.48. The molecule has 0 aliphatic heterocycles. The Hall–Kier alpha value is -1.58. The lowest BCUT2D eigenvalue weighted by Crippen LogP contribution is -2.17. The van der Waals surface area contributed by atoms with Gasteiger partial charge in [-0.05, 0) is 12.1 Å². The van der Waals surface area contributed by atoms with Gasteiger partial charge in [0.05, 0.1) is 12.8 Å². The molecule has 0 aliphatic rings. The van der Waals surface area contributed by atoms with Crippen molar-refractivity contribution in [2.24, 2.45) is 16.6 Å². The summed E-state index contributed by atoms with van der Waals surface area (Å²) >= 11 is 0. The second-order valence-corrected chi connectivity index (χ2v) is 3.51. The van der Waals surface area contributed by atoms with Crippen molar-refractivity contribution < 1.29 is 9.13 Å². The van der Waals surface area contributed by atoms with Crippen LogP contribution in [0.5, 0.6) is 5.75 Å². The summed E-state index contributed by atoms with van der Waals surface area (Å²) in [6.45, 7) is 3.89. The zero-order valence-corrected chi connectivity index (χ0v) is 9.12. The number of ether oxygens (including phenoxy) is 1. The summed E-state index contributed by atoms with van der Waals surface area (Å²) < 4.78 is 17.9. The van der Waals surface area contributed by atoms with Crippen molar-refractivity contribution in [1.82, 2.24) is 0 Å². The van der Waals surface area contributed by atoms with E-state index in [0.717, 1.165) is 0 Å². The number of nitrogens with zero attached hydrogens (tertiary/aromatic N) is 1. The average Bonchev–Trinajstić information content (AvgIpc) is 2.20. The first-order valence-corrected chi connectivity index (χ1v) is 4.72. The van der Waals surface area contributed by atoms with Crippen molar-refractivity contribution in [2.75, 3.05) is 7.11 Å². The molecular weight excluding hydrogens is 195 g/mol. The van der Waals surface area contributed by atoms with Gasteiger partial charge in [0, 0.05) is 12.0 Å². The number of aliphatic imine (C=N–C) groups is 1. The molecule has 0 atom stereocenters. The number of hydrogen-bond donors (Lipinski definition) is 1. The van der Waals surface area contributed by atoms with Gasteiger partial charge in [-0.2, -0.15) is 0 Å². The number of rotatable bonds is 3. The number of methoxy groups -OCH3 is 1. The molecule has 0 aliphatic carbocycles. The van der Waals surface area contributed by atoms with Crippen molar-refractivity contribution >= 4 is 11.5 Å². The molecule has 3 nitrogen and oxygen atoms in total. The van der Waals surface area contributed by atoms with Crippen molar-refractivity contribution in [3.63, 3.8) is 0 Å². The van der Waals surface area contributed by atoms with Gasteiger partial charge >= 0.3 is 0 Å². The molecule has 0 heterocycles. The van der Waals surface area contributed by atoms with Crippen LogP contribution in [0.2, 0.25) is 0 Å². The average molecular weight is 210 g/mol. The van der Waals surface area contributed by atoms with Crippen LogP contribution < -0.4 is 10.5 Å². The molecule has 82 valence electrons. The van der Waals surface area contributed by atoms with Crippen LogP contribution in [0.25, 0.3) is 0 Å². The normalized spacial score (nSPS) is 11.9. The Morgan fingerprint density at radius 3 is 2.67 bits per heavy atom. The third kappa shape index (κ3) is 2.94. The Labute approximate surface area is 88.8 Å². The Kier molecular flexibility index (Phi) is 3.66. The minimum Gasteiger partial charge on any atom is -0.494 e. The molecule has 1 aromatic rings. The van der Waals surface area contributed by atoms with Crippen LogP contribution >= 0.6 is 0 Å². The Balaban J connectivity index is 3.02. The van der Waals surface area contributed by atoms with Gasteiger partial charge in [0.15, 0.2) is 11.6 Å². The highest BCUT2D eigenvalue weighted by Gasteiger charge is 2.04. The maximum Gasteiger partial charge on any atom is 0.165 e. The molecule has 2 N–H and O–H groups in total. The van der Waals surface area contributed by atoms with Gasteiger partial charge in [0.25, 0.3) is 0 Å². The molecule has 15 heavy (non-hydrogen) atoms. The van der Waals surface area contributed by atoms with E-state index in [2.05, 4.69) is 4.99 Å². The molecule has 0 fully saturated rings. The Morgan fingerprint density at radius 2 is 2.13 bits per heavy atom. The molecule has 0 aromatic heterocycles. The molecule has 0 radical (unpaired) electrons. The van der Waals surface area contributed by atoms with Crippen LogP contribution in [0, 0.1) is 11.7 Å². The van der Waals surface area contributed by atoms with Gasteiger partial charge in [0.1, 0.15) is 5.84 Å². The van der Waals surface area contributed by atoms with E-state index in [0.29, 0.717) is 11.5 Å². The lowest BCUT2D eigenvalue weighted by atomic mass is 10.2. The number of nitrogens with two attached hydrogens (primary N) is 1. The van der Waals surface area contributed by atoms with Crippen LogP contribution in [0.1, 0.15) is 13.8 Å². The number of amidine groups is 1. The fourth-order valence-electron chi connectivity index (χ4n) is 0.996. The molecule has 0 bridgehead atoms. The molecule has 0 amide bonds. The van der Waals surface area contributed by atoms with Crippen LogP contribution in [0.3, 0.4) is 0 Å². The zero-order valence-electron chi connectivity index (χ0n) is 9.12. The maximum absolute atomic E-state index is 13.1. The van der Waals surface area contributed by atoms with E-state index in [1.54, 1.807) is 6.07 Å². The SMILES string of the molecule is COc1cc(N=C(N)C(C)C)ccc1F.